The number of hydrogen-bond acceptors (Lipinski definition) is 3. The topological polar surface area (TPSA) is 41.5 Å². The Morgan fingerprint density at radius 2 is 1.95 bits per heavy atom. The van der Waals surface area contributed by atoms with E-state index in [2.05, 4.69) is 5.32 Å². The molecule has 2 aromatic carbocycles. The molecule has 21 heavy (non-hydrogen) atoms. The molecule has 1 unspecified atom stereocenters. The number of rotatable bonds is 5. The number of aliphatic hydroxyl groups is 1. The fourth-order valence-corrected chi connectivity index (χ4v) is 2.08. The van der Waals surface area contributed by atoms with Gasteiger partial charge < -0.3 is 15.2 Å². The third-order valence-corrected chi connectivity index (χ3v) is 3.21. The van der Waals surface area contributed by atoms with Crippen molar-refractivity contribution in [1.82, 2.24) is 0 Å². The summed E-state index contributed by atoms with van der Waals surface area (Å²) in [5.41, 5.74) is 1.64. The Morgan fingerprint density at radius 3 is 2.62 bits per heavy atom. The van der Waals surface area contributed by atoms with Crippen LogP contribution in [0.5, 0.6) is 5.75 Å². The van der Waals surface area contributed by atoms with Crippen LogP contribution < -0.4 is 10.1 Å². The molecule has 0 saturated carbocycles. The molecule has 0 heterocycles. The SMILES string of the molecule is COc1ccc(NCC(O)c2cc(F)ccc2F)cc1C. The van der Waals surface area contributed by atoms with Gasteiger partial charge in [-0.3, -0.25) is 0 Å². The zero-order valence-electron chi connectivity index (χ0n) is 11.9. The van der Waals surface area contributed by atoms with Gasteiger partial charge in [0.05, 0.1) is 13.2 Å². The van der Waals surface area contributed by atoms with Crippen LogP contribution in [0.15, 0.2) is 36.4 Å². The average Bonchev–Trinajstić information content (AvgIpc) is 2.47. The number of anilines is 1. The third kappa shape index (κ3) is 3.70. The number of nitrogens with one attached hydrogen (secondary N) is 1. The number of aryl methyl sites for hydroxylation is 1. The van der Waals surface area contributed by atoms with Crippen LogP contribution in [0.1, 0.15) is 17.2 Å². The smallest absolute Gasteiger partial charge is 0.129 e. The van der Waals surface area contributed by atoms with E-state index >= 15 is 0 Å². The summed E-state index contributed by atoms with van der Waals surface area (Å²) < 4.78 is 31.8. The first kappa shape index (κ1) is 15.3. The quantitative estimate of drug-likeness (QED) is 0.887. The van der Waals surface area contributed by atoms with Crippen molar-refractivity contribution in [3.63, 3.8) is 0 Å². The van der Waals surface area contributed by atoms with Crippen molar-refractivity contribution >= 4 is 5.69 Å². The maximum Gasteiger partial charge on any atom is 0.129 e. The fraction of sp³-hybridized carbons (Fsp3) is 0.250. The highest BCUT2D eigenvalue weighted by molar-refractivity contribution is 5.51. The molecule has 0 saturated heterocycles. The molecular weight excluding hydrogens is 276 g/mol. The van der Waals surface area contributed by atoms with Crippen LogP contribution in [-0.2, 0) is 0 Å². The van der Waals surface area contributed by atoms with Crippen LogP contribution in [0.4, 0.5) is 14.5 Å². The van der Waals surface area contributed by atoms with E-state index in [4.69, 9.17) is 4.74 Å². The van der Waals surface area contributed by atoms with Gasteiger partial charge in [-0.15, -0.1) is 0 Å². The van der Waals surface area contributed by atoms with E-state index in [-0.39, 0.29) is 12.1 Å². The molecule has 0 fully saturated rings. The van der Waals surface area contributed by atoms with Crippen LogP contribution in [-0.4, -0.2) is 18.8 Å². The molecule has 1 atom stereocenters. The summed E-state index contributed by atoms with van der Waals surface area (Å²) >= 11 is 0. The molecule has 112 valence electrons. The van der Waals surface area contributed by atoms with Crippen molar-refractivity contribution in [3.8, 4) is 5.75 Å². The van der Waals surface area contributed by atoms with E-state index in [1.165, 1.54) is 0 Å². The lowest BCUT2D eigenvalue weighted by Gasteiger charge is -2.15. The van der Waals surface area contributed by atoms with Crippen molar-refractivity contribution in [2.24, 2.45) is 0 Å². The largest absolute Gasteiger partial charge is 0.496 e. The Balaban J connectivity index is 2.05. The van der Waals surface area contributed by atoms with Crippen molar-refractivity contribution in [2.75, 3.05) is 19.0 Å². The summed E-state index contributed by atoms with van der Waals surface area (Å²) in [5.74, 6) is -0.445. The minimum atomic E-state index is -1.14. The van der Waals surface area contributed by atoms with E-state index in [1.54, 1.807) is 19.2 Å². The van der Waals surface area contributed by atoms with E-state index in [0.29, 0.717) is 0 Å². The van der Waals surface area contributed by atoms with E-state index in [0.717, 1.165) is 35.2 Å². The molecule has 2 aromatic rings. The second kappa shape index (κ2) is 6.54. The predicted octanol–water partition coefficient (Wildman–Crippen LogP) is 3.43. The zero-order chi connectivity index (χ0) is 15.4. The van der Waals surface area contributed by atoms with Gasteiger partial charge in [0.15, 0.2) is 0 Å². The maximum atomic E-state index is 13.5. The van der Waals surface area contributed by atoms with E-state index < -0.39 is 17.7 Å². The first-order valence-corrected chi connectivity index (χ1v) is 6.53. The number of halogens is 2. The Morgan fingerprint density at radius 1 is 1.19 bits per heavy atom. The highest BCUT2D eigenvalue weighted by Crippen LogP contribution is 2.23. The van der Waals surface area contributed by atoms with Gasteiger partial charge in [-0.2, -0.15) is 0 Å². The lowest BCUT2D eigenvalue weighted by atomic mass is 10.1. The summed E-state index contributed by atoms with van der Waals surface area (Å²) in [6, 6.07) is 8.47. The molecular formula is C16H17F2NO2. The number of methoxy groups -OCH3 is 1. The van der Waals surface area contributed by atoms with Crippen LogP contribution >= 0.6 is 0 Å². The van der Waals surface area contributed by atoms with Crippen molar-refractivity contribution in [3.05, 3.63) is 59.2 Å². The lowest BCUT2D eigenvalue weighted by molar-refractivity contribution is 0.186. The monoisotopic (exact) mass is 293 g/mol. The molecule has 5 heteroatoms. The Labute approximate surface area is 122 Å². The van der Waals surface area contributed by atoms with Crippen molar-refractivity contribution in [2.45, 2.75) is 13.0 Å². The van der Waals surface area contributed by atoms with Crippen LogP contribution in [0, 0.1) is 18.6 Å². The first-order chi connectivity index (χ1) is 10.0. The maximum absolute atomic E-state index is 13.5. The van der Waals surface area contributed by atoms with Gasteiger partial charge in [-0.1, -0.05) is 0 Å². The number of benzene rings is 2. The molecule has 0 spiro atoms. The van der Waals surface area contributed by atoms with Gasteiger partial charge in [-0.25, -0.2) is 8.78 Å². The molecule has 0 amide bonds. The number of aliphatic hydroxyl groups excluding tert-OH is 1. The zero-order valence-corrected chi connectivity index (χ0v) is 11.9. The number of hydrogen-bond donors (Lipinski definition) is 2. The predicted molar refractivity (Wildman–Crippen MR) is 77.5 cm³/mol. The molecule has 2 rings (SSSR count). The van der Waals surface area contributed by atoms with Gasteiger partial charge in [-0.05, 0) is 48.9 Å². The van der Waals surface area contributed by atoms with Crippen LogP contribution in [0.3, 0.4) is 0 Å². The Kier molecular flexibility index (Phi) is 4.75. The second-order valence-electron chi connectivity index (χ2n) is 4.75. The second-order valence-corrected chi connectivity index (χ2v) is 4.75. The lowest BCUT2D eigenvalue weighted by Crippen LogP contribution is -2.13. The molecule has 0 aliphatic carbocycles. The molecule has 0 aliphatic rings. The van der Waals surface area contributed by atoms with Crippen molar-refractivity contribution in [1.29, 1.82) is 0 Å². The summed E-state index contributed by atoms with van der Waals surface area (Å²) in [6.07, 6.45) is -1.14. The summed E-state index contributed by atoms with van der Waals surface area (Å²) in [6.45, 7) is 1.97. The Bertz CT molecular complexity index is 632. The highest BCUT2D eigenvalue weighted by atomic mass is 19.1. The average molecular weight is 293 g/mol. The third-order valence-electron chi connectivity index (χ3n) is 3.21. The highest BCUT2D eigenvalue weighted by Gasteiger charge is 2.13. The van der Waals surface area contributed by atoms with Gasteiger partial charge in [0.25, 0.3) is 0 Å². The number of ether oxygens (including phenoxy) is 1. The standard InChI is InChI=1S/C16H17F2NO2/c1-10-7-12(4-6-16(10)21-2)19-9-15(20)13-8-11(17)3-5-14(13)18/h3-8,15,19-20H,9H2,1-2H3. The molecule has 0 bridgehead atoms. The minimum absolute atomic E-state index is 0.0623. The normalized spacial score (nSPS) is 12.0. The minimum Gasteiger partial charge on any atom is -0.496 e. The van der Waals surface area contributed by atoms with Gasteiger partial charge in [0.2, 0.25) is 0 Å². The van der Waals surface area contributed by atoms with Crippen LogP contribution in [0.25, 0.3) is 0 Å². The Hall–Kier alpha value is -2.14. The molecule has 0 radical (unpaired) electrons. The van der Waals surface area contributed by atoms with Crippen LogP contribution in [0.2, 0.25) is 0 Å². The fourth-order valence-electron chi connectivity index (χ4n) is 2.08. The van der Waals surface area contributed by atoms with Gasteiger partial charge >= 0.3 is 0 Å². The molecule has 3 nitrogen and oxygen atoms in total. The molecule has 2 N–H and O–H groups in total. The molecule has 0 aromatic heterocycles. The van der Waals surface area contributed by atoms with E-state index in [9.17, 15) is 13.9 Å². The molecule has 0 aliphatic heterocycles. The van der Waals surface area contributed by atoms with Gasteiger partial charge in [0.1, 0.15) is 17.4 Å². The summed E-state index contributed by atoms with van der Waals surface area (Å²) in [5, 5.41) is 13.0. The van der Waals surface area contributed by atoms with E-state index in [1.807, 2.05) is 13.0 Å². The van der Waals surface area contributed by atoms with Crippen molar-refractivity contribution < 1.29 is 18.6 Å². The first-order valence-electron chi connectivity index (χ1n) is 6.53. The summed E-state index contributed by atoms with van der Waals surface area (Å²) in [4.78, 5) is 0. The summed E-state index contributed by atoms with van der Waals surface area (Å²) in [7, 11) is 1.59. The van der Waals surface area contributed by atoms with Gasteiger partial charge in [0, 0.05) is 17.8 Å².